The molecule has 0 spiro atoms. The molecule has 0 radical (unpaired) electrons. The monoisotopic (exact) mass is 372 g/mol. The van der Waals surface area contributed by atoms with Crippen molar-refractivity contribution in [2.24, 2.45) is 5.92 Å². The predicted molar refractivity (Wildman–Crippen MR) is 104 cm³/mol. The molecule has 2 saturated heterocycles. The molecule has 6 heteroatoms. The number of likely N-dealkylation sites (tertiary alicyclic amines) is 1. The molecule has 27 heavy (non-hydrogen) atoms. The summed E-state index contributed by atoms with van der Waals surface area (Å²) in [6.45, 7) is 8.47. The van der Waals surface area contributed by atoms with E-state index in [1.807, 2.05) is 18.5 Å². The number of carbonyl (C=O) groups is 1. The normalized spacial score (nSPS) is 24.7. The highest BCUT2D eigenvalue weighted by molar-refractivity contribution is 5.81. The van der Waals surface area contributed by atoms with Crippen molar-refractivity contribution in [3.63, 3.8) is 0 Å². The third-order valence-electron chi connectivity index (χ3n) is 6.02. The highest BCUT2D eigenvalue weighted by Gasteiger charge is 2.37. The minimum absolute atomic E-state index is 0.295. The van der Waals surface area contributed by atoms with E-state index >= 15 is 0 Å². The highest BCUT2D eigenvalue weighted by atomic mass is 16.5. The van der Waals surface area contributed by atoms with E-state index in [0.717, 1.165) is 84.7 Å². The van der Waals surface area contributed by atoms with E-state index in [1.165, 1.54) is 5.56 Å². The quantitative estimate of drug-likeness (QED) is 0.728. The first-order valence-corrected chi connectivity index (χ1v) is 10.5. The number of ether oxygens (including phenoxy) is 1. The summed E-state index contributed by atoms with van der Waals surface area (Å²) in [5.74, 6) is 0.694. The number of hydrogen-bond acceptors (Lipinski definition) is 5. The van der Waals surface area contributed by atoms with Gasteiger partial charge in [0.15, 0.2) is 0 Å². The summed E-state index contributed by atoms with van der Waals surface area (Å²) >= 11 is 0. The number of pyridine rings is 1. The van der Waals surface area contributed by atoms with E-state index in [4.69, 9.17) is 4.74 Å². The Morgan fingerprint density at radius 2 is 2.04 bits per heavy atom. The van der Waals surface area contributed by atoms with E-state index in [1.54, 1.807) is 0 Å². The van der Waals surface area contributed by atoms with Crippen molar-refractivity contribution in [3.05, 3.63) is 30.1 Å². The molecule has 3 fully saturated rings. The first kappa shape index (κ1) is 18.8. The summed E-state index contributed by atoms with van der Waals surface area (Å²) in [6, 6.07) is 4.49. The van der Waals surface area contributed by atoms with E-state index < -0.39 is 0 Å². The van der Waals surface area contributed by atoms with Crippen molar-refractivity contribution in [1.29, 1.82) is 0 Å². The molecule has 4 rings (SSSR count). The van der Waals surface area contributed by atoms with Crippen LogP contribution >= 0.6 is 0 Å². The molecule has 0 N–H and O–H groups in total. The molecular formula is C21H32N4O2. The zero-order valence-electron chi connectivity index (χ0n) is 16.3. The summed E-state index contributed by atoms with van der Waals surface area (Å²) < 4.78 is 5.46. The maximum Gasteiger partial charge on any atom is 0.226 e. The van der Waals surface area contributed by atoms with Crippen LogP contribution in [0.5, 0.6) is 0 Å². The van der Waals surface area contributed by atoms with Gasteiger partial charge >= 0.3 is 0 Å². The standard InChI is InChI=1S/C21H32N4O2/c26-21(19-5-6-19)25(10-9-23-11-13-27-14-12-23)20-4-2-8-24(17-20)16-18-3-1-7-22-15-18/h1,3,7,15,19-20H,2,4-6,8-14,16-17H2. The van der Waals surface area contributed by atoms with Crippen LogP contribution in [0.2, 0.25) is 0 Å². The van der Waals surface area contributed by atoms with Gasteiger partial charge in [-0.15, -0.1) is 0 Å². The Hall–Kier alpha value is -1.50. The Labute approximate surface area is 162 Å². The third kappa shape index (κ3) is 5.27. The number of carbonyl (C=O) groups excluding carboxylic acids is 1. The van der Waals surface area contributed by atoms with Crippen molar-refractivity contribution in [3.8, 4) is 0 Å². The van der Waals surface area contributed by atoms with Crippen LogP contribution in [0, 0.1) is 5.92 Å². The molecule has 1 aromatic heterocycles. The molecule has 1 aromatic rings. The Bertz CT molecular complexity index is 601. The van der Waals surface area contributed by atoms with Crippen molar-refractivity contribution < 1.29 is 9.53 Å². The number of piperidine rings is 1. The first-order valence-electron chi connectivity index (χ1n) is 10.5. The number of morpholine rings is 1. The number of hydrogen-bond donors (Lipinski definition) is 0. The molecule has 1 unspecified atom stereocenters. The molecular weight excluding hydrogens is 340 g/mol. The van der Waals surface area contributed by atoms with Gasteiger partial charge in [0.1, 0.15) is 0 Å². The molecule has 1 aliphatic carbocycles. The van der Waals surface area contributed by atoms with Crippen molar-refractivity contribution in [2.75, 3.05) is 52.5 Å². The molecule has 148 valence electrons. The maximum atomic E-state index is 13.0. The lowest BCUT2D eigenvalue weighted by Crippen LogP contribution is -2.53. The predicted octanol–water partition coefficient (Wildman–Crippen LogP) is 1.62. The van der Waals surface area contributed by atoms with E-state index in [0.29, 0.717) is 17.9 Å². The zero-order chi connectivity index (χ0) is 18.5. The molecule has 3 aliphatic rings. The molecule has 0 bridgehead atoms. The summed E-state index contributed by atoms with van der Waals surface area (Å²) in [5, 5.41) is 0. The van der Waals surface area contributed by atoms with Crippen LogP contribution < -0.4 is 0 Å². The average Bonchev–Trinajstić information content (AvgIpc) is 3.55. The average molecular weight is 373 g/mol. The van der Waals surface area contributed by atoms with Gasteiger partial charge in [-0.3, -0.25) is 19.6 Å². The molecule has 1 atom stereocenters. The van der Waals surface area contributed by atoms with Crippen LogP contribution in [-0.4, -0.2) is 84.1 Å². The third-order valence-corrected chi connectivity index (χ3v) is 6.02. The van der Waals surface area contributed by atoms with Gasteiger partial charge in [0.25, 0.3) is 0 Å². The highest BCUT2D eigenvalue weighted by Crippen LogP contribution is 2.32. The Balaban J connectivity index is 1.36. The largest absolute Gasteiger partial charge is 0.379 e. The van der Waals surface area contributed by atoms with Gasteiger partial charge < -0.3 is 9.64 Å². The minimum Gasteiger partial charge on any atom is -0.379 e. The fourth-order valence-corrected chi connectivity index (χ4v) is 4.29. The van der Waals surface area contributed by atoms with Gasteiger partial charge in [-0.05, 0) is 43.9 Å². The second kappa shape index (κ2) is 9.13. The Morgan fingerprint density at radius 3 is 2.78 bits per heavy atom. The number of aromatic nitrogens is 1. The smallest absolute Gasteiger partial charge is 0.226 e. The van der Waals surface area contributed by atoms with Gasteiger partial charge in [0, 0.05) is 63.6 Å². The van der Waals surface area contributed by atoms with Crippen molar-refractivity contribution in [1.82, 2.24) is 19.7 Å². The van der Waals surface area contributed by atoms with Crippen LogP contribution in [0.15, 0.2) is 24.5 Å². The topological polar surface area (TPSA) is 48.9 Å². The minimum atomic E-state index is 0.295. The van der Waals surface area contributed by atoms with Crippen LogP contribution in [-0.2, 0) is 16.1 Å². The van der Waals surface area contributed by atoms with Crippen molar-refractivity contribution in [2.45, 2.75) is 38.3 Å². The SMILES string of the molecule is O=C(C1CC1)N(CCN1CCOCC1)C1CCCN(Cc2cccnc2)C1. The van der Waals surface area contributed by atoms with Crippen LogP contribution in [0.25, 0.3) is 0 Å². The van der Waals surface area contributed by atoms with Crippen LogP contribution in [0.4, 0.5) is 0 Å². The van der Waals surface area contributed by atoms with E-state index in [-0.39, 0.29) is 0 Å². The molecule has 2 aliphatic heterocycles. The van der Waals surface area contributed by atoms with Gasteiger partial charge in [0.2, 0.25) is 5.91 Å². The van der Waals surface area contributed by atoms with Gasteiger partial charge in [-0.2, -0.15) is 0 Å². The Kier molecular flexibility index (Phi) is 6.37. The fraction of sp³-hybridized carbons (Fsp3) is 0.714. The van der Waals surface area contributed by atoms with E-state index in [9.17, 15) is 4.79 Å². The van der Waals surface area contributed by atoms with Crippen LogP contribution in [0.1, 0.15) is 31.2 Å². The number of nitrogens with zero attached hydrogens (tertiary/aromatic N) is 4. The second-order valence-corrected chi connectivity index (χ2v) is 8.15. The zero-order valence-corrected chi connectivity index (χ0v) is 16.3. The lowest BCUT2D eigenvalue weighted by atomic mass is 10.0. The van der Waals surface area contributed by atoms with Crippen LogP contribution in [0.3, 0.4) is 0 Å². The van der Waals surface area contributed by atoms with E-state index in [2.05, 4.69) is 25.8 Å². The number of amides is 1. The lowest BCUT2D eigenvalue weighted by Gasteiger charge is -2.40. The summed E-state index contributed by atoms with van der Waals surface area (Å²) in [6.07, 6.45) is 8.24. The number of rotatable bonds is 7. The van der Waals surface area contributed by atoms with Gasteiger partial charge in [-0.25, -0.2) is 0 Å². The summed E-state index contributed by atoms with van der Waals surface area (Å²) in [4.78, 5) is 24.4. The molecule has 0 aromatic carbocycles. The Morgan fingerprint density at radius 1 is 1.19 bits per heavy atom. The summed E-state index contributed by atoms with van der Waals surface area (Å²) in [5.41, 5.74) is 1.26. The molecule has 3 heterocycles. The fourth-order valence-electron chi connectivity index (χ4n) is 4.29. The maximum absolute atomic E-state index is 13.0. The molecule has 1 saturated carbocycles. The molecule has 1 amide bonds. The second-order valence-electron chi connectivity index (χ2n) is 8.15. The first-order chi connectivity index (χ1) is 13.3. The van der Waals surface area contributed by atoms with Gasteiger partial charge in [-0.1, -0.05) is 6.07 Å². The van der Waals surface area contributed by atoms with Crippen molar-refractivity contribution >= 4 is 5.91 Å². The van der Waals surface area contributed by atoms with Gasteiger partial charge in [0.05, 0.1) is 13.2 Å². The molecule has 6 nitrogen and oxygen atoms in total. The lowest BCUT2D eigenvalue weighted by molar-refractivity contribution is -0.136. The summed E-state index contributed by atoms with van der Waals surface area (Å²) in [7, 11) is 0.